The van der Waals surface area contributed by atoms with Crippen LogP contribution < -0.4 is 4.90 Å². The van der Waals surface area contributed by atoms with Crippen LogP contribution >= 0.6 is 0 Å². The largest absolute Gasteiger partial charge is 0.416 e. The Kier molecular flexibility index (Phi) is 5.19. The number of amides is 1. The summed E-state index contributed by atoms with van der Waals surface area (Å²) in [5.41, 5.74) is -2.57. The van der Waals surface area contributed by atoms with Crippen molar-refractivity contribution in [1.82, 2.24) is 4.90 Å². The van der Waals surface area contributed by atoms with Gasteiger partial charge in [0, 0.05) is 32.2 Å². The molecule has 0 spiro atoms. The van der Waals surface area contributed by atoms with Crippen LogP contribution in [0.3, 0.4) is 0 Å². The van der Waals surface area contributed by atoms with Crippen molar-refractivity contribution in [3.63, 3.8) is 0 Å². The van der Waals surface area contributed by atoms with Crippen molar-refractivity contribution in [2.45, 2.75) is 31.9 Å². The van der Waals surface area contributed by atoms with E-state index in [-0.39, 0.29) is 37.8 Å². The number of carbonyl (C=O) groups is 1. The molecular formula is C18H19F3N4O3. The SMILES string of the molecule is N#CC1(C(=O)N2CCN(c3ccc(C(F)(F)F)cc3[N+](=O)[O-])CC2)CCCC1. The van der Waals surface area contributed by atoms with E-state index in [0.29, 0.717) is 18.9 Å². The van der Waals surface area contributed by atoms with Crippen LogP contribution in [0.1, 0.15) is 31.2 Å². The summed E-state index contributed by atoms with van der Waals surface area (Å²) in [4.78, 5) is 26.4. The maximum Gasteiger partial charge on any atom is 0.416 e. The van der Waals surface area contributed by atoms with Crippen molar-refractivity contribution in [3.8, 4) is 6.07 Å². The number of rotatable bonds is 3. The van der Waals surface area contributed by atoms with Crippen molar-refractivity contribution in [1.29, 1.82) is 5.26 Å². The third kappa shape index (κ3) is 3.61. The lowest BCUT2D eigenvalue weighted by atomic mass is 9.86. The van der Waals surface area contributed by atoms with Gasteiger partial charge >= 0.3 is 6.18 Å². The number of nitro groups is 1. The highest BCUT2D eigenvalue weighted by atomic mass is 19.4. The Bertz CT molecular complexity index is 820. The van der Waals surface area contributed by atoms with Gasteiger partial charge in [-0.15, -0.1) is 0 Å². The molecule has 28 heavy (non-hydrogen) atoms. The van der Waals surface area contributed by atoms with Gasteiger partial charge in [-0.1, -0.05) is 12.8 Å². The van der Waals surface area contributed by atoms with Gasteiger partial charge in [0.2, 0.25) is 5.91 Å². The summed E-state index contributed by atoms with van der Waals surface area (Å²) < 4.78 is 38.6. The van der Waals surface area contributed by atoms with Crippen molar-refractivity contribution in [2.75, 3.05) is 31.1 Å². The molecule has 2 fully saturated rings. The highest BCUT2D eigenvalue weighted by Gasteiger charge is 2.44. The van der Waals surface area contributed by atoms with Crippen LogP contribution in [0.15, 0.2) is 18.2 Å². The van der Waals surface area contributed by atoms with Gasteiger partial charge in [0.25, 0.3) is 5.69 Å². The quantitative estimate of drug-likeness (QED) is 0.577. The molecule has 0 N–H and O–H groups in total. The Morgan fingerprint density at radius 3 is 2.29 bits per heavy atom. The van der Waals surface area contributed by atoms with E-state index in [0.717, 1.165) is 25.0 Å². The summed E-state index contributed by atoms with van der Waals surface area (Å²) >= 11 is 0. The molecule has 1 aliphatic heterocycles. The minimum atomic E-state index is -4.67. The van der Waals surface area contributed by atoms with E-state index in [1.165, 1.54) is 0 Å². The standard InChI is InChI=1S/C18H19F3N4O3/c19-18(20,21)13-3-4-14(15(11-13)25(27)28)23-7-9-24(10-8-23)16(26)17(12-22)5-1-2-6-17/h3-4,11H,1-2,5-10H2. The topological polar surface area (TPSA) is 90.5 Å². The van der Waals surface area contributed by atoms with E-state index in [1.807, 2.05) is 0 Å². The monoisotopic (exact) mass is 396 g/mol. The normalized spacial score (nSPS) is 19.4. The molecule has 1 saturated carbocycles. The Morgan fingerprint density at radius 1 is 1.18 bits per heavy atom. The Balaban J connectivity index is 1.75. The van der Waals surface area contributed by atoms with Crippen molar-refractivity contribution >= 4 is 17.3 Å². The average molecular weight is 396 g/mol. The molecule has 1 aliphatic carbocycles. The van der Waals surface area contributed by atoms with Crippen LogP contribution in [0.25, 0.3) is 0 Å². The van der Waals surface area contributed by atoms with Gasteiger partial charge < -0.3 is 9.80 Å². The number of benzene rings is 1. The summed E-state index contributed by atoms with van der Waals surface area (Å²) in [7, 11) is 0. The van der Waals surface area contributed by atoms with E-state index >= 15 is 0 Å². The summed E-state index contributed by atoms with van der Waals surface area (Å²) in [6.07, 6.45) is -1.94. The number of hydrogen-bond acceptors (Lipinski definition) is 5. The van der Waals surface area contributed by atoms with Gasteiger partial charge in [0.15, 0.2) is 0 Å². The summed E-state index contributed by atoms with van der Waals surface area (Å²) in [6, 6.07) is 4.62. The summed E-state index contributed by atoms with van der Waals surface area (Å²) in [6.45, 7) is 1.03. The molecule has 7 nitrogen and oxygen atoms in total. The predicted molar refractivity (Wildman–Crippen MR) is 93.4 cm³/mol. The highest BCUT2D eigenvalue weighted by molar-refractivity contribution is 5.86. The zero-order valence-corrected chi connectivity index (χ0v) is 15.0. The highest BCUT2D eigenvalue weighted by Crippen LogP contribution is 2.40. The van der Waals surface area contributed by atoms with Gasteiger partial charge in [0.05, 0.1) is 16.6 Å². The summed E-state index contributed by atoms with van der Waals surface area (Å²) in [5.74, 6) is -0.214. The molecule has 1 amide bonds. The number of nitrogens with zero attached hydrogens (tertiary/aromatic N) is 4. The third-order valence-electron chi connectivity index (χ3n) is 5.49. The van der Waals surface area contributed by atoms with Crippen LogP contribution in [0, 0.1) is 26.9 Å². The smallest absolute Gasteiger partial charge is 0.362 e. The van der Waals surface area contributed by atoms with E-state index in [2.05, 4.69) is 6.07 Å². The van der Waals surface area contributed by atoms with Crippen molar-refractivity contribution < 1.29 is 22.9 Å². The second-order valence-corrected chi connectivity index (χ2v) is 7.14. The fourth-order valence-electron chi connectivity index (χ4n) is 3.92. The molecule has 150 valence electrons. The zero-order chi connectivity index (χ0) is 20.5. The number of hydrogen-bond donors (Lipinski definition) is 0. The molecule has 3 rings (SSSR count). The fourth-order valence-corrected chi connectivity index (χ4v) is 3.92. The van der Waals surface area contributed by atoms with Crippen LogP contribution in [0.4, 0.5) is 24.5 Å². The van der Waals surface area contributed by atoms with Crippen molar-refractivity contribution in [3.05, 3.63) is 33.9 Å². The lowest BCUT2D eigenvalue weighted by Gasteiger charge is -2.38. The lowest BCUT2D eigenvalue weighted by Crippen LogP contribution is -2.52. The number of piperazine rings is 1. The van der Waals surface area contributed by atoms with Crippen LogP contribution in [0.2, 0.25) is 0 Å². The van der Waals surface area contributed by atoms with E-state index in [1.54, 1.807) is 9.80 Å². The number of nitro benzene ring substituents is 1. The molecule has 0 radical (unpaired) electrons. The molecule has 10 heteroatoms. The lowest BCUT2D eigenvalue weighted by molar-refractivity contribution is -0.384. The Hall–Kier alpha value is -2.83. The molecule has 0 atom stereocenters. The van der Waals surface area contributed by atoms with E-state index in [4.69, 9.17) is 0 Å². The summed E-state index contributed by atoms with van der Waals surface area (Å²) in [5, 5.41) is 20.7. The van der Waals surface area contributed by atoms with Gasteiger partial charge in [0.1, 0.15) is 11.1 Å². The van der Waals surface area contributed by atoms with Gasteiger partial charge in [-0.25, -0.2) is 0 Å². The van der Waals surface area contributed by atoms with Crippen LogP contribution in [-0.4, -0.2) is 41.9 Å². The number of nitriles is 1. The van der Waals surface area contributed by atoms with Gasteiger partial charge in [-0.3, -0.25) is 14.9 Å². The molecule has 0 aromatic heterocycles. The molecular weight excluding hydrogens is 377 g/mol. The minimum Gasteiger partial charge on any atom is -0.362 e. The Labute approximate surface area is 159 Å². The maximum absolute atomic E-state index is 12.9. The number of alkyl halides is 3. The number of carbonyl (C=O) groups excluding carboxylic acids is 1. The molecule has 2 aliphatic rings. The first-order chi connectivity index (χ1) is 13.2. The molecule has 1 heterocycles. The maximum atomic E-state index is 12.9. The van der Waals surface area contributed by atoms with E-state index in [9.17, 15) is 33.3 Å². The molecule has 1 aromatic carbocycles. The second kappa shape index (κ2) is 7.30. The zero-order valence-electron chi connectivity index (χ0n) is 15.0. The molecule has 1 aromatic rings. The second-order valence-electron chi connectivity index (χ2n) is 7.14. The first-order valence-electron chi connectivity index (χ1n) is 8.99. The average Bonchev–Trinajstić information content (AvgIpc) is 3.16. The fraction of sp³-hybridized carbons (Fsp3) is 0.556. The van der Waals surface area contributed by atoms with Crippen LogP contribution in [0.5, 0.6) is 0 Å². The number of anilines is 1. The van der Waals surface area contributed by atoms with E-state index < -0.39 is 27.8 Å². The molecule has 1 saturated heterocycles. The minimum absolute atomic E-state index is 0.0981. The molecule has 0 unspecified atom stereocenters. The first kappa shape index (κ1) is 19.9. The van der Waals surface area contributed by atoms with Crippen LogP contribution in [-0.2, 0) is 11.0 Å². The first-order valence-corrected chi connectivity index (χ1v) is 8.99. The van der Waals surface area contributed by atoms with Gasteiger partial charge in [-0.2, -0.15) is 18.4 Å². The van der Waals surface area contributed by atoms with Gasteiger partial charge in [-0.05, 0) is 25.0 Å². The predicted octanol–water partition coefficient (Wildman–Crippen LogP) is 3.35. The Morgan fingerprint density at radius 2 is 1.79 bits per heavy atom. The van der Waals surface area contributed by atoms with Crippen molar-refractivity contribution in [2.24, 2.45) is 5.41 Å². The third-order valence-corrected chi connectivity index (χ3v) is 5.49. The number of halogens is 3. The molecule has 0 bridgehead atoms.